The third-order valence-corrected chi connectivity index (χ3v) is 7.21. The number of carbonyl (C=O) groups is 1. The Morgan fingerprint density at radius 3 is 2.74 bits per heavy atom. The van der Waals surface area contributed by atoms with E-state index in [1.165, 1.54) is 6.21 Å². The predicted octanol–water partition coefficient (Wildman–Crippen LogP) is 4.46. The van der Waals surface area contributed by atoms with Crippen LogP contribution < -0.4 is 25.4 Å². The molecule has 3 N–H and O–H groups in total. The molecule has 1 fully saturated rings. The minimum atomic E-state index is -0.946. The Hall–Kier alpha value is -4.48. The first-order chi connectivity index (χ1) is 20.5. The number of carbonyl (C=O) groups excluding carboxylic acids is 1. The number of urea groups is 1. The Morgan fingerprint density at radius 1 is 1.19 bits per heavy atom. The highest BCUT2D eigenvalue weighted by Gasteiger charge is 2.34. The highest BCUT2D eigenvalue weighted by atomic mass is 19.1. The number of fused-ring (bicyclic) bond motifs is 1. The number of hydrogen-bond donors (Lipinski definition) is 2. The molecule has 1 aliphatic heterocycles. The van der Waals surface area contributed by atoms with Gasteiger partial charge in [0.25, 0.3) is 0 Å². The lowest BCUT2D eigenvalue weighted by atomic mass is 9.76. The van der Waals surface area contributed by atoms with Gasteiger partial charge >= 0.3 is 6.03 Å². The molecule has 5 rings (SSSR count). The molecule has 1 saturated heterocycles. The van der Waals surface area contributed by atoms with E-state index in [2.05, 4.69) is 20.4 Å². The van der Waals surface area contributed by atoms with Crippen molar-refractivity contribution in [3.63, 3.8) is 0 Å². The molecular formula is C31H34FN5O5. The fourth-order valence-corrected chi connectivity index (χ4v) is 5.03. The maximum absolute atomic E-state index is 15.7. The van der Waals surface area contributed by atoms with Gasteiger partial charge in [0.05, 0.1) is 37.9 Å². The summed E-state index contributed by atoms with van der Waals surface area (Å²) in [5.41, 5.74) is 7.81. The number of morpholine rings is 1. The molecule has 0 radical (unpaired) electrons. The van der Waals surface area contributed by atoms with Crippen molar-refractivity contribution in [1.82, 2.24) is 15.3 Å². The minimum Gasteiger partial charge on any atom is -0.493 e. The first kappa shape index (κ1) is 29.0. The molecular weight excluding hydrogens is 541 g/mol. The molecule has 220 valence electrons. The minimum absolute atomic E-state index is 0.0627. The second-order valence-corrected chi connectivity index (χ2v) is 10.0. The summed E-state index contributed by atoms with van der Waals surface area (Å²) >= 11 is 0. The number of hydrazone groups is 1. The molecule has 1 atom stereocenters. The number of methoxy groups -OCH3 is 1. The van der Waals surface area contributed by atoms with Crippen LogP contribution in [0.1, 0.15) is 18.4 Å². The molecule has 2 aromatic carbocycles. The largest absolute Gasteiger partial charge is 0.493 e. The number of amides is 2. The number of nitrogens with two attached hydrogens (primary N) is 1. The van der Waals surface area contributed by atoms with Gasteiger partial charge in [-0.05, 0) is 30.2 Å². The number of primary amides is 1. The van der Waals surface area contributed by atoms with Gasteiger partial charge in [-0.1, -0.05) is 36.4 Å². The van der Waals surface area contributed by atoms with E-state index in [4.69, 9.17) is 24.7 Å². The summed E-state index contributed by atoms with van der Waals surface area (Å²) < 4.78 is 38.8. The average Bonchev–Trinajstić information content (AvgIpc) is 3.01. The Bertz CT molecular complexity index is 1490. The van der Waals surface area contributed by atoms with E-state index < -0.39 is 17.3 Å². The van der Waals surface area contributed by atoms with Crippen molar-refractivity contribution in [2.45, 2.75) is 18.3 Å². The maximum atomic E-state index is 15.7. The van der Waals surface area contributed by atoms with Crippen LogP contribution in [0.15, 0.2) is 83.6 Å². The van der Waals surface area contributed by atoms with Crippen molar-refractivity contribution < 1.29 is 28.1 Å². The van der Waals surface area contributed by atoms with Gasteiger partial charge in [0.15, 0.2) is 17.3 Å². The molecule has 2 amide bonds. The standard InChI is InChI=1S/C31H34FN5O5/c1-39-28-18-23-25(19-29(28)41-15-5-12-37-13-16-40-17-14-37)34-11-9-26(23)42-27-8-10-31(20-24(27)32,21-35-36-30(33)38)22-6-3-2-4-7-22/h2-4,6-11,18-19,21H,5,12-17,20H2,1H3,(H3,33,36,38). The topological polar surface area (TPSA) is 121 Å². The van der Waals surface area contributed by atoms with Crippen molar-refractivity contribution in [3.8, 4) is 17.2 Å². The number of nitrogens with one attached hydrogen (secondary N) is 1. The molecule has 0 saturated carbocycles. The number of benzene rings is 2. The van der Waals surface area contributed by atoms with Crippen LogP contribution in [-0.4, -0.2) is 68.7 Å². The third kappa shape index (κ3) is 6.87. The van der Waals surface area contributed by atoms with Crippen molar-refractivity contribution in [3.05, 3.63) is 84.0 Å². The molecule has 42 heavy (non-hydrogen) atoms. The monoisotopic (exact) mass is 575 g/mol. The summed E-state index contributed by atoms with van der Waals surface area (Å²) in [6.45, 7) is 4.87. The van der Waals surface area contributed by atoms with E-state index in [-0.39, 0.29) is 12.2 Å². The maximum Gasteiger partial charge on any atom is 0.332 e. The molecule has 10 nitrogen and oxygen atoms in total. The van der Waals surface area contributed by atoms with Crippen LogP contribution in [0.5, 0.6) is 17.2 Å². The molecule has 1 unspecified atom stereocenters. The summed E-state index contributed by atoms with van der Waals surface area (Å²) in [7, 11) is 1.57. The average molecular weight is 576 g/mol. The molecule has 2 heterocycles. The quantitative estimate of drug-likeness (QED) is 0.197. The fraction of sp³-hybridized carbons (Fsp3) is 0.323. The Morgan fingerprint density at radius 2 is 2.00 bits per heavy atom. The van der Waals surface area contributed by atoms with E-state index in [0.717, 1.165) is 44.8 Å². The third-order valence-electron chi connectivity index (χ3n) is 7.21. The zero-order valence-electron chi connectivity index (χ0n) is 23.4. The van der Waals surface area contributed by atoms with Gasteiger partial charge in [-0.2, -0.15) is 5.10 Å². The Kier molecular flexibility index (Phi) is 9.30. The number of pyridine rings is 1. The van der Waals surface area contributed by atoms with Gasteiger partial charge in [-0.25, -0.2) is 14.6 Å². The number of rotatable bonds is 11. The molecule has 1 aromatic heterocycles. The van der Waals surface area contributed by atoms with Crippen LogP contribution in [0.3, 0.4) is 0 Å². The Balaban J connectivity index is 1.33. The van der Waals surface area contributed by atoms with Crippen molar-refractivity contribution in [1.29, 1.82) is 0 Å². The molecule has 2 aliphatic rings. The van der Waals surface area contributed by atoms with Gasteiger partial charge in [0.1, 0.15) is 11.6 Å². The zero-order chi connectivity index (χ0) is 29.4. The van der Waals surface area contributed by atoms with E-state index in [1.54, 1.807) is 43.7 Å². The molecule has 11 heteroatoms. The molecule has 1 aliphatic carbocycles. The van der Waals surface area contributed by atoms with E-state index in [9.17, 15) is 4.79 Å². The van der Waals surface area contributed by atoms with Crippen molar-refractivity contribution >= 4 is 23.1 Å². The van der Waals surface area contributed by atoms with Crippen LogP contribution in [0.2, 0.25) is 0 Å². The number of aromatic nitrogens is 1. The number of hydrogen-bond acceptors (Lipinski definition) is 8. The van der Waals surface area contributed by atoms with Crippen molar-refractivity contribution in [2.75, 3.05) is 46.6 Å². The predicted molar refractivity (Wildman–Crippen MR) is 158 cm³/mol. The second-order valence-electron chi connectivity index (χ2n) is 10.0. The second kappa shape index (κ2) is 13.5. The van der Waals surface area contributed by atoms with Crippen LogP contribution in [0, 0.1) is 0 Å². The highest BCUT2D eigenvalue weighted by molar-refractivity contribution is 5.88. The van der Waals surface area contributed by atoms with Gasteiger partial charge in [-0.3, -0.25) is 9.88 Å². The van der Waals surface area contributed by atoms with Gasteiger partial charge in [-0.15, -0.1) is 0 Å². The van der Waals surface area contributed by atoms with Gasteiger partial charge < -0.3 is 24.7 Å². The molecule has 0 bridgehead atoms. The van der Waals surface area contributed by atoms with E-state index in [1.807, 2.05) is 30.3 Å². The molecule has 0 spiro atoms. The summed E-state index contributed by atoms with van der Waals surface area (Å²) in [5, 5.41) is 4.58. The summed E-state index contributed by atoms with van der Waals surface area (Å²) in [5.74, 6) is 1.11. The highest BCUT2D eigenvalue weighted by Crippen LogP contribution is 2.40. The zero-order valence-corrected chi connectivity index (χ0v) is 23.4. The first-order valence-corrected chi connectivity index (χ1v) is 13.8. The van der Waals surface area contributed by atoms with Crippen LogP contribution in [0.25, 0.3) is 10.9 Å². The lowest BCUT2D eigenvalue weighted by molar-refractivity contribution is 0.0357. The van der Waals surface area contributed by atoms with E-state index >= 15 is 4.39 Å². The summed E-state index contributed by atoms with van der Waals surface area (Å²) in [4.78, 5) is 18.0. The van der Waals surface area contributed by atoms with Gasteiger partial charge in [0, 0.05) is 49.9 Å². The normalized spacial score (nSPS) is 19.3. The SMILES string of the molecule is COc1cc2c(OC3=C(F)CC(C=NNC(N)=O)(c4ccccc4)C=C3)ccnc2cc1OCCCN1CCOCC1. The molecule has 3 aromatic rings. The van der Waals surface area contributed by atoms with Crippen LogP contribution >= 0.6 is 0 Å². The first-order valence-electron chi connectivity index (χ1n) is 13.8. The summed E-state index contributed by atoms with van der Waals surface area (Å²) in [6, 6.07) is 13.8. The lowest BCUT2D eigenvalue weighted by Crippen LogP contribution is -2.37. The number of allylic oxidation sites excluding steroid dienone is 3. The van der Waals surface area contributed by atoms with Crippen molar-refractivity contribution in [2.24, 2.45) is 10.8 Å². The van der Waals surface area contributed by atoms with Crippen LogP contribution in [0.4, 0.5) is 9.18 Å². The number of halogens is 1. The number of nitrogens with zero attached hydrogens (tertiary/aromatic N) is 3. The number of ether oxygens (including phenoxy) is 4. The smallest absolute Gasteiger partial charge is 0.332 e. The van der Waals surface area contributed by atoms with Gasteiger partial charge in [0.2, 0.25) is 0 Å². The Labute approximate surface area is 243 Å². The summed E-state index contributed by atoms with van der Waals surface area (Å²) in [6.07, 6.45) is 7.23. The lowest BCUT2D eigenvalue weighted by Gasteiger charge is -2.30. The fourth-order valence-electron chi connectivity index (χ4n) is 5.03. The van der Waals surface area contributed by atoms with E-state index in [0.29, 0.717) is 34.8 Å². The van der Waals surface area contributed by atoms with Crippen LogP contribution in [-0.2, 0) is 10.2 Å².